The van der Waals surface area contributed by atoms with Crippen LogP contribution in [0.1, 0.15) is 29.5 Å². The first-order valence-corrected chi connectivity index (χ1v) is 11.1. The zero-order chi connectivity index (χ0) is 21.5. The Labute approximate surface area is 185 Å². The Hall–Kier alpha value is -2.88. The highest BCUT2D eigenvalue weighted by atomic mass is 16.5. The van der Waals surface area contributed by atoms with Gasteiger partial charge in [0.2, 0.25) is 0 Å². The molecule has 0 bridgehead atoms. The predicted molar refractivity (Wildman–Crippen MR) is 127 cm³/mol. The van der Waals surface area contributed by atoms with Gasteiger partial charge in [0, 0.05) is 12.1 Å². The number of methoxy groups -OCH3 is 1. The Bertz CT molecular complexity index is 937. The van der Waals surface area contributed by atoms with Crippen LogP contribution < -0.4 is 4.74 Å². The van der Waals surface area contributed by atoms with Gasteiger partial charge in [0.15, 0.2) is 0 Å². The fourth-order valence-electron chi connectivity index (χ4n) is 4.69. The van der Waals surface area contributed by atoms with Gasteiger partial charge in [-0.2, -0.15) is 0 Å². The molecule has 1 saturated heterocycles. The topological polar surface area (TPSA) is 32.7 Å². The lowest BCUT2D eigenvalue weighted by Crippen LogP contribution is -2.44. The van der Waals surface area contributed by atoms with Crippen molar-refractivity contribution in [3.05, 3.63) is 108 Å². The van der Waals surface area contributed by atoms with E-state index < -0.39 is 5.60 Å². The molecule has 3 nitrogen and oxygen atoms in total. The molecule has 4 rings (SSSR count). The van der Waals surface area contributed by atoms with E-state index in [0.29, 0.717) is 0 Å². The molecular weight excluding hydrogens is 382 g/mol. The summed E-state index contributed by atoms with van der Waals surface area (Å²) in [5, 5.41) is 12.0. The Morgan fingerprint density at radius 2 is 1.42 bits per heavy atom. The summed E-state index contributed by atoms with van der Waals surface area (Å²) in [6.45, 7) is 2.85. The normalized spacial score (nSPS) is 15.9. The Morgan fingerprint density at radius 3 is 2.00 bits per heavy atom. The first-order chi connectivity index (χ1) is 15.2. The molecule has 1 aliphatic heterocycles. The molecule has 0 atom stereocenters. The van der Waals surface area contributed by atoms with Crippen molar-refractivity contribution in [2.75, 3.05) is 26.7 Å². The molecule has 31 heavy (non-hydrogen) atoms. The van der Waals surface area contributed by atoms with Crippen molar-refractivity contribution in [2.24, 2.45) is 5.92 Å². The third-order valence-corrected chi connectivity index (χ3v) is 6.41. The molecule has 160 valence electrons. The Morgan fingerprint density at radius 1 is 0.871 bits per heavy atom. The lowest BCUT2D eigenvalue weighted by molar-refractivity contribution is -0.0127. The molecule has 0 radical (unpaired) electrons. The van der Waals surface area contributed by atoms with Crippen molar-refractivity contribution in [1.82, 2.24) is 4.90 Å². The van der Waals surface area contributed by atoms with Crippen molar-refractivity contribution in [2.45, 2.75) is 18.4 Å². The molecule has 3 aromatic carbocycles. The molecule has 0 amide bonds. The van der Waals surface area contributed by atoms with Crippen LogP contribution in [0.15, 0.2) is 91.0 Å². The van der Waals surface area contributed by atoms with Crippen LogP contribution >= 0.6 is 0 Å². The number of piperidine rings is 1. The molecule has 1 heterocycles. The molecule has 0 saturated carbocycles. The zero-order valence-electron chi connectivity index (χ0n) is 18.2. The van der Waals surface area contributed by atoms with Crippen LogP contribution in [0.25, 0.3) is 6.08 Å². The van der Waals surface area contributed by atoms with Crippen LogP contribution in [0, 0.1) is 5.92 Å². The average Bonchev–Trinajstić information content (AvgIpc) is 2.85. The highest BCUT2D eigenvalue weighted by Crippen LogP contribution is 2.41. The second-order valence-corrected chi connectivity index (χ2v) is 8.22. The fourth-order valence-corrected chi connectivity index (χ4v) is 4.69. The van der Waals surface area contributed by atoms with Crippen molar-refractivity contribution >= 4 is 6.08 Å². The monoisotopic (exact) mass is 413 g/mol. The van der Waals surface area contributed by atoms with Crippen molar-refractivity contribution in [3.63, 3.8) is 0 Å². The average molecular weight is 414 g/mol. The highest BCUT2D eigenvalue weighted by molar-refractivity contribution is 5.57. The van der Waals surface area contributed by atoms with E-state index in [1.54, 1.807) is 7.11 Å². The summed E-state index contributed by atoms with van der Waals surface area (Å²) in [4.78, 5) is 2.46. The molecule has 0 unspecified atom stereocenters. The Balaban J connectivity index is 1.44. The number of aliphatic hydroxyl groups is 1. The summed E-state index contributed by atoms with van der Waals surface area (Å²) in [5.74, 6) is 1.08. The maximum atomic E-state index is 12.0. The van der Waals surface area contributed by atoms with Crippen LogP contribution in [0.2, 0.25) is 0 Å². The minimum Gasteiger partial charge on any atom is -0.496 e. The number of benzene rings is 3. The number of nitrogens with zero attached hydrogens (tertiary/aromatic N) is 1. The van der Waals surface area contributed by atoms with E-state index in [0.717, 1.165) is 54.9 Å². The summed E-state index contributed by atoms with van der Waals surface area (Å²) in [5.41, 5.74) is 2.11. The SMILES string of the molecule is COc1ccccc1/C=C\CN1CCC(C(O)(c2ccccc2)c2ccccc2)CC1. The van der Waals surface area contributed by atoms with Gasteiger partial charge in [-0.15, -0.1) is 0 Å². The number of hydrogen-bond acceptors (Lipinski definition) is 3. The number of para-hydroxylation sites is 1. The summed E-state index contributed by atoms with van der Waals surface area (Å²) < 4.78 is 5.43. The first-order valence-electron chi connectivity index (χ1n) is 11.1. The van der Waals surface area contributed by atoms with Gasteiger partial charge in [0.1, 0.15) is 11.4 Å². The van der Waals surface area contributed by atoms with E-state index in [4.69, 9.17) is 4.74 Å². The van der Waals surface area contributed by atoms with Crippen molar-refractivity contribution in [3.8, 4) is 5.75 Å². The van der Waals surface area contributed by atoms with Crippen LogP contribution in [0.4, 0.5) is 0 Å². The van der Waals surface area contributed by atoms with E-state index in [2.05, 4.69) is 47.4 Å². The number of rotatable bonds is 7. The van der Waals surface area contributed by atoms with Gasteiger partial charge >= 0.3 is 0 Å². The molecule has 1 fully saturated rings. The molecule has 0 aromatic heterocycles. The fraction of sp³-hybridized carbons (Fsp3) is 0.286. The molecule has 3 heteroatoms. The molecule has 3 aromatic rings. The van der Waals surface area contributed by atoms with Gasteiger partial charge in [-0.1, -0.05) is 91.0 Å². The van der Waals surface area contributed by atoms with E-state index in [1.807, 2.05) is 54.6 Å². The summed E-state index contributed by atoms with van der Waals surface area (Å²) >= 11 is 0. The zero-order valence-corrected chi connectivity index (χ0v) is 18.2. The Kier molecular flexibility index (Phi) is 6.86. The smallest absolute Gasteiger partial charge is 0.126 e. The van der Waals surface area contributed by atoms with E-state index in [1.165, 1.54) is 0 Å². The molecule has 1 aliphatic rings. The van der Waals surface area contributed by atoms with Crippen LogP contribution in [-0.4, -0.2) is 36.8 Å². The lowest BCUT2D eigenvalue weighted by Gasteiger charge is -2.42. The van der Waals surface area contributed by atoms with Crippen LogP contribution in [-0.2, 0) is 5.60 Å². The lowest BCUT2D eigenvalue weighted by atomic mass is 9.72. The predicted octanol–water partition coefficient (Wildman–Crippen LogP) is 5.36. The standard InChI is InChI=1S/C28H31NO2/c1-31-27-17-9-8-11-23(27)12-10-20-29-21-18-26(19-22-29)28(30,24-13-4-2-5-14-24)25-15-6-3-7-16-25/h2-17,26,30H,18-22H2,1H3/b12-10-. The first kappa shape index (κ1) is 21.4. The maximum absolute atomic E-state index is 12.0. The maximum Gasteiger partial charge on any atom is 0.126 e. The van der Waals surface area contributed by atoms with Gasteiger partial charge in [-0.25, -0.2) is 0 Å². The summed E-state index contributed by atoms with van der Waals surface area (Å²) in [6, 6.07) is 28.3. The second-order valence-electron chi connectivity index (χ2n) is 8.22. The van der Waals surface area contributed by atoms with Gasteiger partial charge in [0.25, 0.3) is 0 Å². The highest BCUT2D eigenvalue weighted by Gasteiger charge is 2.41. The summed E-state index contributed by atoms with van der Waals surface area (Å²) in [6.07, 6.45) is 6.26. The minimum absolute atomic E-state index is 0.187. The largest absolute Gasteiger partial charge is 0.496 e. The van der Waals surface area contributed by atoms with Gasteiger partial charge in [-0.05, 0) is 49.0 Å². The number of likely N-dealkylation sites (tertiary alicyclic amines) is 1. The number of hydrogen-bond donors (Lipinski definition) is 1. The quantitative estimate of drug-likeness (QED) is 0.566. The molecule has 0 spiro atoms. The third-order valence-electron chi connectivity index (χ3n) is 6.41. The second kappa shape index (κ2) is 9.95. The van der Waals surface area contributed by atoms with Crippen LogP contribution in [0.5, 0.6) is 5.75 Å². The van der Waals surface area contributed by atoms with Crippen LogP contribution in [0.3, 0.4) is 0 Å². The number of ether oxygens (including phenoxy) is 1. The van der Waals surface area contributed by atoms with Gasteiger partial charge in [0.05, 0.1) is 7.11 Å². The molecule has 1 N–H and O–H groups in total. The summed E-state index contributed by atoms with van der Waals surface area (Å²) in [7, 11) is 1.71. The van der Waals surface area contributed by atoms with E-state index >= 15 is 0 Å². The third kappa shape index (κ3) is 4.73. The van der Waals surface area contributed by atoms with Gasteiger partial charge < -0.3 is 9.84 Å². The van der Waals surface area contributed by atoms with Crippen molar-refractivity contribution in [1.29, 1.82) is 0 Å². The minimum atomic E-state index is -0.956. The van der Waals surface area contributed by atoms with E-state index in [9.17, 15) is 5.11 Å². The molecule has 0 aliphatic carbocycles. The molecular formula is C28H31NO2. The van der Waals surface area contributed by atoms with Gasteiger partial charge in [-0.3, -0.25) is 4.90 Å². The van der Waals surface area contributed by atoms with Crippen molar-refractivity contribution < 1.29 is 9.84 Å². The van der Waals surface area contributed by atoms with E-state index in [-0.39, 0.29) is 5.92 Å².